The molecule has 0 bridgehead atoms. The minimum atomic E-state index is 0.775. The van der Waals surface area contributed by atoms with Crippen molar-refractivity contribution in [3.8, 4) is 0 Å². The second-order valence-corrected chi connectivity index (χ2v) is 6.78. The summed E-state index contributed by atoms with van der Waals surface area (Å²) in [5.41, 5.74) is 0. The van der Waals surface area contributed by atoms with E-state index in [2.05, 4.69) is 44.2 Å². The van der Waals surface area contributed by atoms with Gasteiger partial charge < -0.3 is 0 Å². The first-order valence-electron chi connectivity index (χ1n) is 7.39. The van der Waals surface area contributed by atoms with Gasteiger partial charge in [-0.3, -0.25) is 0 Å². The molecule has 0 aliphatic heterocycles. The predicted molar refractivity (Wildman–Crippen MR) is 85.2 cm³/mol. The SMILES string of the molecule is CCCCCCCC(C)c1cc2ccccc2[pH]1. The Morgan fingerprint density at radius 2 is 1.83 bits per heavy atom. The summed E-state index contributed by atoms with van der Waals surface area (Å²) >= 11 is 0. The van der Waals surface area contributed by atoms with Crippen LogP contribution in [0.1, 0.15) is 63.6 Å². The van der Waals surface area contributed by atoms with Crippen LogP contribution in [-0.4, -0.2) is 0 Å². The molecule has 0 spiro atoms. The number of benzene rings is 1. The Bertz CT molecular complexity index is 436. The van der Waals surface area contributed by atoms with Crippen LogP contribution in [0.5, 0.6) is 0 Å². The maximum Gasteiger partial charge on any atom is -0.00155 e. The molecular formula is C17H25P. The Balaban J connectivity index is 1.86. The highest BCUT2D eigenvalue weighted by Gasteiger charge is 2.07. The van der Waals surface area contributed by atoms with Gasteiger partial charge in [0.05, 0.1) is 0 Å². The van der Waals surface area contributed by atoms with Gasteiger partial charge in [-0.2, -0.15) is 0 Å². The van der Waals surface area contributed by atoms with Crippen LogP contribution in [0.15, 0.2) is 30.3 Å². The Morgan fingerprint density at radius 1 is 1.06 bits per heavy atom. The van der Waals surface area contributed by atoms with Crippen molar-refractivity contribution >= 4 is 18.7 Å². The molecule has 0 aliphatic carbocycles. The molecule has 1 aromatic heterocycles. The minimum Gasteiger partial charge on any atom is -0.128 e. The van der Waals surface area contributed by atoms with Crippen LogP contribution in [0.3, 0.4) is 0 Å². The highest BCUT2D eigenvalue weighted by Crippen LogP contribution is 2.36. The Hall–Kier alpha value is -0.740. The number of hydrogen-bond donors (Lipinski definition) is 0. The van der Waals surface area contributed by atoms with Crippen LogP contribution in [0, 0.1) is 0 Å². The van der Waals surface area contributed by atoms with Crippen molar-refractivity contribution in [3.05, 3.63) is 35.6 Å². The van der Waals surface area contributed by atoms with Gasteiger partial charge in [0.25, 0.3) is 0 Å². The fourth-order valence-electron chi connectivity index (χ4n) is 2.57. The molecule has 0 amide bonds. The normalized spacial score (nSPS) is 13.4. The van der Waals surface area contributed by atoms with Gasteiger partial charge in [-0.05, 0) is 34.2 Å². The summed E-state index contributed by atoms with van der Waals surface area (Å²) in [5.74, 6) is 0.775. The van der Waals surface area contributed by atoms with E-state index >= 15 is 0 Å². The minimum absolute atomic E-state index is 0.775. The van der Waals surface area contributed by atoms with Crippen LogP contribution in [0.25, 0.3) is 10.5 Å². The zero-order chi connectivity index (χ0) is 12.8. The molecule has 0 nitrogen and oxygen atoms in total. The maximum atomic E-state index is 2.44. The summed E-state index contributed by atoms with van der Waals surface area (Å²) in [6.45, 7) is 4.69. The third kappa shape index (κ3) is 3.62. The first-order chi connectivity index (χ1) is 8.81. The van der Waals surface area contributed by atoms with Crippen LogP contribution in [0.4, 0.5) is 0 Å². The van der Waals surface area contributed by atoms with E-state index in [1.807, 2.05) is 0 Å². The Morgan fingerprint density at radius 3 is 2.61 bits per heavy atom. The maximum absolute atomic E-state index is 2.44. The molecule has 0 fully saturated rings. The van der Waals surface area contributed by atoms with Gasteiger partial charge >= 0.3 is 0 Å². The lowest BCUT2D eigenvalue weighted by molar-refractivity contribution is 0.571. The highest BCUT2D eigenvalue weighted by molar-refractivity contribution is 7.38. The third-order valence-electron chi connectivity index (χ3n) is 3.82. The largest absolute Gasteiger partial charge is 0.128 e. The average Bonchev–Trinajstić information content (AvgIpc) is 2.82. The fraction of sp³-hybridized carbons (Fsp3) is 0.529. The second kappa shape index (κ2) is 7.00. The zero-order valence-electron chi connectivity index (χ0n) is 11.7. The van der Waals surface area contributed by atoms with Gasteiger partial charge in [0.15, 0.2) is 0 Å². The third-order valence-corrected chi connectivity index (χ3v) is 5.47. The fourth-order valence-corrected chi connectivity index (χ4v) is 3.98. The van der Waals surface area contributed by atoms with Gasteiger partial charge in [0, 0.05) is 0 Å². The van der Waals surface area contributed by atoms with Crippen LogP contribution < -0.4 is 0 Å². The van der Waals surface area contributed by atoms with Crippen molar-refractivity contribution in [1.82, 2.24) is 0 Å². The molecule has 0 saturated heterocycles. The van der Waals surface area contributed by atoms with E-state index in [0.717, 1.165) is 14.1 Å². The average molecular weight is 260 g/mol. The predicted octanol–water partition coefficient (Wildman–Crippen LogP) is 6.34. The molecule has 2 rings (SSSR count). The summed E-state index contributed by atoms with van der Waals surface area (Å²) < 4.78 is 0. The molecule has 0 N–H and O–H groups in total. The summed E-state index contributed by atoms with van der Waals surface area (Å²) in [5, 5.41) is 4.68. The molecule has 0 saturated carbocycles. The molecular weight excluding hydrogens is 235 g/mol. The number of unbranched alkanes of at least 4 members (excludes halogenated alkanes) is 4. The van der Waals surface area contributed by atoms with Crippen LogP contribution in [-0.2, 0) is 0 Å². The second-order valence-electron chi connectivity index (χ2n) is 5.42. The monoisotopic (exact) mass is 260 g/mol. The van der Waals surface area contributed by atoms with E-state index in [1.165, 1.54) is 43.9 Å². The van der Waals surface area contributed by atoms with E-state index < -0.39 is 0 Å². The van der Waals surface area contributed by atoms with Crippen molar-refractivity contribution < 1.29 is 0 Å². The quantitative estimate of drug-likeness (QED) is 0.510. The molecule has 1 aromatic carbocycles. The standard InChI is InChI=1S/C17H25P/c1-3-4-5-6-7-10-14(2)17-13-15-11-8-9-12-16(15)18-17/h8-9,11-14,18H,3-7,10H2,1-2H3. The van der Waals surface area contributed by atoms with Crippen molar-refractivity contribution in [2.75, 3.05) is 0 Å². The lowest BCUT2D eigenvalue weighted by atomic mass is 10.0. The number of hydrogen-bond acceptors (Lipinski definition) is 0. The van der Waals surface area contributed by atoms with Crippen molar-refractivity contribution in [2.45, 2.75) is 58.3 Å². The van der Waals surface area contributed by atoms with Crippen LogP contribution in [0.2, 0.25) is 0 Å². The summed E-state index contributed by atoms with van der Waals surface area (Å²) in [4.78, 5) is 0. The first kappa shape index (κ1) is 13.7. The summed E-state index contributed by atoms with van der Waals surface area (Å²) in [7, 11) is 0.925. The lowest BCUT2D eigenvalue weighted by Crippen LogP contribution is -1.89. The van der Waals surface area contributed by atoms with Crippen molar-refractivity contribution in [3.63, 3.8) is 0 Å². The van der Waals surface area contributed by atoms with Gasteiger partial charge in [-0.25, -0.2) is 0 Å². The molecule has 98 valence electrons. The van der Waals surface area contributed by atoms with Crippen molar-refractivity contribution in [1.29, 1.82) is 0 Å². The molecule has 0 aliphatic rings. The van der Waals surface area contributed by atoms with Gasteiger partial charge in [0.1, 0.15) is 0 Å². The smallest absolute Gasteiger partial charge is 0.00155 e. The topological polar surface area (TPSA) is 0 Å². The number of rotatable bonds is 7. The molecule has 2 unspecified atom stereocenters. The molecule has 2 aromatic rings. The molecule has 0 radical (unpaired) electrons. The van der Waals surface area contributed by atoms with Gasteiger partial charge in [-0.1, -0.05) is 70.2 Å². The van der Waals surface area contributed by atoms with Crippen LogP contribution >= 0.6 is 8.19 Å². The molecule has 2 atom stereocenters. The van der Waals surface area contributed by atoms with E-state index in [9.17, 15) is 0 Å². The molecule has 1 heterocycles. The lowest BCUT2D eigenvalue weighted by Gasteiger charge is -2.09. The van der Waals surface area contributed by atoms with Crippen molar-refractivity contribution in [2.24, 2.45) is 0 Å². The zero-order valence-corrected chi connectivity index (χ0v) is 12.7. The molecule has 18 heavy (non-hydrogen) atoms. The Labute approximate surface area is 113 Å². The van der Waals surface area contributed by atoms with Gasteiger partial charge in [0.2, 0.25) is 0 Å². The van der Waals surface area contributed by atoms with E-state index in [1.54, 1.807) is 10.4 Å². The summed E-state index contributed by atoms with van der Waals surface area (Å²) in [6.07, 6.45) is 8.36. The van der Waals surface area contributed by atoms with E-state index in [4.69, 9.17) is 0 Å². The van der Waals surface area contributed by atoms with E-state index in [0.29, 0.717) is 0 Å². The highest BCUT2D eigenvalue weighted by atomic mass is 31.0. The Kier molecular flexibility index (Phi) is 5.32. The van der Waals surface area contributed by atoms with E-state index in [-0.39, 0.29) is 0 Å². The summed E-state index contributed by atoms with van der Waals surface area (Å²) in [6, 6.07) is 11.3. The first-order valence-corrected chi connectivity index (χ1v) is 8.39. The van der Waals surface area contributed by atoms with Gasteiger partial charge in [-0.15, -0.1) is 8.19 Å². The molecule has 1 heteroatoms. The number of fused-ring (bicyclic) bond motifs is 1.